The second-order valence-electron chi connectivity index (χ2n) is 6.33. The highest BCUT2D eigenvalue weighted by atomic mass is 19.1. The van der Waals surface area contributed by atoms with Crippen molar-refractivity contribution in [1.29, 1.82) is 0 Å². The van der Waals surface area contributed by atoms with Crippen LogP contribution in [0.1, 0.15) is 24.5 Å². The van der Waals surface area contributed by atoms with E-state index in [1.165, 1.54) is 12.1 Å². The molecule has 6 heteroatoms. The van der Waals surface area contributed by atoms with Gasteiger partial charge in [-0.05, 0) is 61.8 Å². The first kappa shape index (κ1) is 15.8. The average Bonchev–Trinajstić information content (AvgIpc) is 3.08. The van der Waals surface area contributed by atoms with Crippen LogP contribution in [0.5, 0.6) is 0 Å². The van der Waals surface area contributed by atoms with Gasteiger partial charge in [0, 0.05) is 35.0 Å². The van der Waals surface area contributed by atoms with E-state index in [0.717, 1.165) is 54.0 Å². The zero-order valence-corrected chi connectivity index (χ0v) is 13.7. The lowest BCUT2D eigenvalue weighted by Crippen LogP contribution is -2.27. The molecular weight excluding hydrogens is 319 g/mol. The zero-order valence-electron chi connectivity index (χ0n) is 13.7. The molecule has 25 heavy (non-hydrogen) atoms. The minimum Gasteiger partial charge on any atom is -0.329 e. The van der Waals surface area contributed by atoms with Crippen LogP contribution < -0.4 is 10.9 Å². The molecule has 3 aromatic rings. The predicted molar refractivity (Wildman–Crippen MR) is 94.9 cm³/mol. The number of H-pyrrole nitrogens is 2. The molecule has 0 unspecified atom stereocenters. The number of nitrogens with zero attached hydrogens (tertiary/aromatic N) is 1. The Hall–Kier alpha value is -2.73. The number of benzene rings is 1. The van der Waals surface area contributed by atoms with Crippen LogP contribution in [0.3, 0.4) is 0 Å². The minimum atomic E-state index is -0.282. The molecule has 4 rings (SSSR count). The summed E-state index contributed by atoms with van der Waals surface area (Å²) in [6.45, 7) is 1.93. The first-order valence-electron chi connectivity index (χ1n) is 8.46. The Bertz CT molecular complexity index is 923. The molecule has 0 aliphatic carbocycles. The van der Waals surface area contributed by atoms with Crippen LogP contribution >= 0.6 is 0 Å². The molecule has 1 aliphatic heterocycles. The van der Waals surface area contributed by atoms with Crippen molar-refractivity contribution in [2.75, 3.05) is 13.1 Å². The molecule has 1 fully saturated rings. The summed E-state index contributed by atoms with van der Waals surface area (Å²) in [7, 11) is 0. The Balaban J connectivity index is 1.88. The van der Waals surface area contributed by atoms with E-state index in [0.29, 0.717) is 5.92 Å². The van der Waals surface area contributed by atoms with E-state index in [9.17, 15) is 9.18 Å². The van der Waals surface area contributed by atoms with Crippen LogP contribution in [0, 0.1) is 5.82 Å². The zero-order chi connectivity index (χ0) is 17.2. The maximum absolute atomic E-state index is 13.3. The molecule has 0 amide bonds. The number of nitrogens with one attached hydrogen (secondary N) is 3. The van der Waals surface area contributed by atoms with Crippen molar-refractivity contribution in [2.45, 2.75) is 18.8 Å². The van der Waals surface area contributed by atoms with E-state index in [1.54, 1.807) is 24.4 Å². The van der Waals surface area contributed by atoms with Crippen molar-refractivity contribution < 1.29 is 4.39 Å². The number of rotatable bonds is 3. The Morgan fingerprint density at radius 1 is 1.04 bits per heavy atom. The normalized spacial score (nSPS) is 15.4. The van der Waals surface area contributed by atoms with Gasteiger partial charge >= 0.3 is 0 Å². The molecule has 0 radical (unpaired) electrons. The van der Waals surface area contributed by atoms with Crippen LogP contribution in [-0.2, 0) is 0 Å². The lowest BCUT2D eigenvalue weighted by atomic mass is 9.88. The number of pyridine rings is 1. The van der Waals surface area contributed by atoms with Crippen molar-refractivity contribution in [2.24, 2.45) is 0 Å². The highest BCUT2D eigenvalue weighted by molar-refractivity contribution is 5.82. The number of aromatic amines is 2. The van der Waals surface area contributed by atoms with Gasteiger partial charge in [-0.3, -0.25) is 9.89 Å². The Kier molecular flexibility index (Phi) is 4.19. The van der Waals surface area contributed by atoms with E-state index in [1.807, 2.05) is 6.07 Å². The summed E-state index contributed by atoms with van der Waals surface area (Å²) in [6.07, 6.45) is 3.67. The Labute approximate surface area is 144 Å². The Morgan fingerprint density at radius 3 is 2.52 bits per heavy atom. The fourth-order valence-electron chi connectivity index (χ4n) is 3.47. The van der Waals surface area contributed by atoms with Gasteiger partial charge in [-0.15, -0.1) is 0 Å². The van der Waals surface area contributed by atoms with E-state index in [4.69, 9.17) is 0 Å². The van der Waals surface area contributed by atoms with Gasteiger partial charge in [0.1, 0.15) is 11.5 Å². The lowest BCUT2D eigenvalue weighted by molar-refractivity contribution is 0.453. The summed E-state index contributed by atoms with van der Waals surface area (Å²) >= 11 is 0. The fourth-order valence-corrected chi connectivity index (χ4v) is 3.47. The largest absolute Gasteiger partial charge is 0.329 e. The molecule has 0 atom stereocenters. The van der Waals surface area contributed by atoms with Gasteiger partial charge in [-0.25, -0.2) is 4.39 Å². The third-order valence-corrected chi connectivity index (χ3v) is 4.72. The summed E-state index contributed by atoms with van der Waals surface area (Å²) in [5.74, 6) is 0.0767. The standard InChI is InChI=1S/C19H19FN4O/c20-15-3-1-12(2-4-15)18-17(14-7-10-22-16(25)11-14)19(24-23-18)13-5-8-21-9-6-13/h1-4,7,10-11,13,21H,5-6,8-9H2,(H,22,25)(H,23,24). The molecular formula is C19H19FN4O. The van der Waals surface area contributed by atoms with E-state index in [-0.39, 0.29) is 11.4 Å². The van der Waals surface area contributed by atoms with Gasteiger partial charge in [0.05, 0.1) is 0 Å². The summed E-state index contributed by atoms with van der Waals surface area (Å²) in [6, 6.07) is 9.75. The number of piperidine rings is 1. The molecule has 0 saturated carbocycles. The van der Waals surface area contributed by atoms with E-state index < -0.39 is 0 Å². The molecule has 1 saturated heterocycles. The quantitative estimate of drug-likeness (QED) is 0.687. The first-order valence-corrected chi connectivity index (χ1v) is 8.46. The van der Waals surface area contributed by atoms with Crippen molar-refractivity contribution in [3.63, 3.8) is 0 Å². The van der Waals surface area contributed by atoms with Crippen LogP contribution in [0.4, 0.5) is 4.39 Å². The molecule has 0 spiro atoms. The summed E-state index contributed by atoms with van der Waals surface area (Å²) < 4.78 is 13.3. The van der Waals surface area contributed by atoms with Gasteiger partial charge in [0.2, 0.25) is 5.56 Å². The van der Waals surface area contributed by atoms with E-state index >= 15 is 0 Å². The molecule has 5 nitrogen and oxygen atoms in total. The van der Waals surface area contributed by atoms with Gasteiger partial charge in [-0.2, -0.15) is 5.10 Å². The summed E-state index contributed by atoms with van der Waals surface area (Å²) in [4.78, 5) is 14.5. The summed E-state index contributed by atoms with van der Waals surface area (Å²) in [5.41, 5.74) is 4.23. The number of aromatic nitrogens is 3. The predicted octanol–water partition coefficient (Wildman–Crippen LogP) is 3.04. The van der Waals surface area contributed by atoms with Crippen molar-refractivity contribution in [1.82, 2.24) is 20.5 Å². The topological polar surface area (TPSA) is 73.6 Å². The third kappa shape index (κ3) is 3.13. The van der Waals surface area contributed by atoms with Crippen molar-refractivity contribution >= 4 is 0 Å². The molecule has 3 heterocycles. The minimum absolute atomic E-state index is 0.153. The first-order chi connectivity index (χ1) is 12.2. The maximum atomic E-state index is 13.3. The van der Waals surface area contributed by atoms with E-state index in [2.05, 4.69) is 20.5 Å². The Morgan fingerprint density at radius 2 is 1.80 bits per heavy atom. The highest BCUT2D eigenvalue weighted by Crippen LogP contribution is 2.38. The van der Waals surface area contributed by atoms with Crippen LogP contribution in [0.15, 0.2) is 47.4 Å². The van der Waals surface area contributed by atoms with Gasteiger partial charge in [0.25, 0.3) is 0 Å². The van der Waals surface area contributed by atoms with Crippen LogP contribution in [0.25, 0.3) is 22.4 Å². The fraction of sp³-hybridized carbons (Fsp3) is 0.263. The van der Waals surface area contributed by atoms with Gasteiger partial charge in [-0.1, -0.05) is 0 Å². The maximum Gasteiger partial charge on any atom is 0.248 e. The smallest absolute Gasteiger partial charge is 0.248 e. The van der Waals surface area contributed by atoms with Crippen LogP contribution in [0.2, 0.25) is 0 Å². The number of halogens is 1. The molecule has 128 valence electrons. The second kappa shape index (κ2) is 6.64. The van der Waals surface area contributed by atoms with Crippen molar-refractivity contribution in [3.05, 3.63) is 64.5 Å². The average molecular weight is 338 g/mol. The van der Waals surface area contributed by atoms with Crippen molar-refractivity contribution in [3.8, 4) is 22.4 Å². The molecule has 3 N–H and O–H groups in total. The van der Waals surface area contributed by atoms with Gasteiger partial charge in [0.15, 0.2) is 0 Å². The highest BCUT2D eigenvalue weighted by Gasteiger charge is 2.24. The van der Waals surface area contributed by atoms with Gasteiger partial charge < -0.3 is 10.3 Å². The molecule has 0 bridgehead atoms. The second-order valence-corrected chi connectivity index (χ2v) is 6.33. The SMILES string of the molecule is O=c1cc(-c2c(-c3ccc(F)cc3)n[nH]c2C2CCNCC2)cc[nH]1. The molecule has 1 aliphatic rings. The molecule has 1 aromatic carbocycles. The number of hydrogen-bond acceptors (Lipinski definition) is 3. The molecule has 2 aromatic heterocycles. The third-order valence-electron chi connectivity index (χ3n) is 4.72. The summed E-state index contributed by atoms with van der Waals surface area (Å²) in [5, 5.41) is 11.1. The van der Waals surface area contributed by atoms with Crippen LogP contribution in [-0.4, -0.2) is 28.3 Å². The number of hydrogen-bond donors (Lipinski definition) is 3. The lowest BCUT2D eigenvalue weighted by Gasteiger charge is -2.22. The monoisotopic (exact) mass is 338 g/mol.